The van der Waals surface area contributed by atoms with Crippen LogP contribution in [-0.4, -0.2) is 68.0 Å². The van der Waals surface area contributed by atoms with E-state index < -0.39 is 23.8 Å². The number of pyridine rings is 1. The molecule has 5 rings (SSSR count). The Bertz CT molecular complexity index is 1420. The highest BCUT2D eigenvalue weighted by Crippen LogP contribution is 2.34. The minimum absolute atomic E-state index is 0.0465. The summed E-state index contributed by atoms with van der Waals surface area (Å²) in [5, 5.41) is 15.6. The Balaban J connectivity index is 1.52. The predicted molar refractivity (Wildman–Crippen MR) is 122 cm³/mol. The van der Waals surface area contributed by atoms with Crippen LogP contribution < -0.4 is 10.2 Å². The van der Waals surface area contributed by atoms with Gasteiger partial charge in [-0.2, -0.15) is 4.52 Å². The molecule has 1 aliphatic heterocycles. The number of tetrazole rings is 1. The molecule has 1 N–H and O–H groups in total. The second-order valence-corrected chi connectivity index (χ2v) is 8.66. The summed E-state index contributed by atoms with van der Waals surface area (Å²) in [5.41, 5.74) is 1.03. The Morgan fingerprint density at radius 2 is 1.91 bits per heavy atom. The Labute approximate surface area is 197 Å². The highest BCUT2D eigenvalue weighted by molar-refractivity contribution is 5.94. The zero-order chi connectivity index (χ0) is 24.9. The normalized spacial score (nSPS) is 15.0. The maximum Gasteiger partial charge on any atom is 0.266 e. The van der Waals surface area contributed by atoms with Crippen LogP contribution in [-0.2, 0) is 4.79 Å². The van der Waals surface area contributed by atoms with Gasteiger partial charge in [-0.05, 0) is 23.4 Å². The maximum absolute atomic E-state index is 14.7. The third-order valence-corrected chi connectivity index (χ3v) is 6.17. The molecule has 10 nitrogen and oxygen atoms in total. The van der Waals surface area contributed by atoms with Gasteiger partial charge in [-0.1, -0.05) is 18.2 Å². The first kappa shape index (κ1) is 22.7. The standard InChI is InChI=1S/C22H22F3N9O/c1-11(13-5-4-6-14(17(13)23)18(24)25)28-19-15-7-16(33-8-12(9-33)22(35)32(2)3)21-29-30-31-34(21)20(15)27-10-26-19/h4-7,10-12,18H,8-9H2,1-3H3,(H,26,27,28)/t11-/m1/s1. The lowest BCUT2D eigenvalue weighted by atomic mass is 9.97. The quantitative estimate of drug-likeness (QED) is 0.445. The number of rotatable bonds is 6. The average Bonchev–Trinajstić information content (AvgIpc) is 3.28. The van der Waals surface area contributed by atoms with Gasteiger partial charge in [0.05, 0.1) is 28.6 Å². The van der Waals surface area contributed by atoms with Gasteiger partial charge < -0.3 is 15.1 Å². The summed E-state index contributed by atoms with van der Waals surface area (Å²) in [5.74, 6) is -0.678. The second-order valence-electron chi connectivity index (χ2n) is 8.66. The first-order valence-electron chi connectivity index (χ1n) is 10.9. The summed E-state index contributed by atoms with van der Waals surface area (Å²) >= 11 is 0. The van der Waals surface area contributed by atoms with E-state index in [-0.39, 0.29) is 17.4 Å². The molecule has 0 unspecified atom stereocenters. The Hall–Kier alpha value is -4.03. The van der Waals surface area contributed by atoms with Crippen LogP contribution in [0.3, 0.4) is 0 Å². The van der Waals surface area contributed by atoms with Crippen LogP contribution in [0.2, 0.25) is 0 Å². The van der Waals surface area contributed by atoms with Crippen molar-refractivity contribution in [2.24, 2.45) is 5.92 Å². The van der Waals surface area contributed by atoms with Crippen LogP contribution in [0, 0.1) is 11.7 Å². The lowest BCUT2D eigenvalue weighted by Crippen LogP contribution is -2.53. The number of benzene rings is 1. The van der Waals surface area contributed by atoms with Crippen molar-refractivity contribution in [3.05, 3.63) is 47.5 Å². The van der Waals surface area contributed by atoms with Gasteiger partial charge in [0.25, 0.3) is 6.43 Å². The van der Waals surface area contributed by atoms with Crippen LogP contribution >= 0.6 is 0 Å². The predicted octanol–water partition coefficient (Wildman–Crippen LogP) is 2.84. The fourth-order valence-corrected chi connectivity index (χ4v) is 4.28. The summed E-state index contributed by atoms with van der Waals surface area (Å²) < 4.78 is 42.5. The minimum atomic E-state index is -2.92. The molecule has 1 amide bonds. The van der Waals surface area contributed by atoms with E-state index in [0.717, 1.165) is 6.07 Å². The van der Waals surface area contributed by atoms with Crippen molar-refractivity contribution in [2.75, 3.05) is 37.4 Å². The molecule has 35 heavy (non-hydrogen) atoms. The molecule has 3 aromatic heterocycles. The number of nitrogens with one attached hydrogen (secondary N) is 1. The zero-order valence-electron chi connectivity index (χ0n) is 19.2. The number of hydrogen-bond acceptors (Lipinski definition) is 8. The summed E-state index contributed by atoms with van der Waals surface area (Å²) in [6.45, 7) is 2.66. The Kier molecular flexibility index (Phi) is 5.61. The lowest BCUT2D eigenvalue weighted by Gasteiger charge is -2.40. The molecule has 1 atom stereocenters. The van der Waals surface area contributed by atoms with Crippen molar-refractivity contribution in [3.8, 4) is 0 Å². The number of carbonyl (C=O) groups is 1. The van der Waals surface area contributed by atoms with Crippen LogP contribution in [0.4, 0.5) is 24.7 Å². The minimum Gasteiger partial charge on any atom is -0.367 e. The van der Waals surface area contributed by atoms with Gasteiger partial charge in [0, 0.05) is 32.7 Å². The van der Waals surface area contributed by atoms with Crippen LogP contribution in [0.1, 0.15) is 30.5 Å². The Morgan fingerprint density at radius 1 is 1.17 bits per heavy atom. The number of hydrogen-bond donors (Lipinski definition) is 1. The second kappa shape index (κ2) is 8.64. The van der Waals surface area contributed by atoms with Gasteiger partial charge in [0.15, 0.2) is 5.65 Å². The average molecular weight is 485 g/mol. The molecule has 4 aromatic rings. The van der Waals surface area contributed by atoms with E-state index in [1.165, 1.54) is 23.0 Å². The molecule has 1 aromatic carbocycles. The number of amides is 1. The molecule has 0 saturated carbocycles. The van der Waals surface area contributed by atoms with Crippen molar-refractivity contribution in [1.82, 2.24) is 34.9 Å². The van der Waals surface area contributed by atoms with Crippen LogP contribution in [0.15, 0.2) is 30.6 Å². The summed E-state index contributed by atoms with van der Waals surface area (Å²) in [6.07, 6.45) is -1.60. The highest BCUT2D eigenvalue weighted by Gasteiger charge is 2.35. The summed E-state index contributed by atoms with van der Waals surface area (Å²) in [6, 6.07) is 5.06. The monoisotopic (exact) mass is 485 g/mol. The number of nitrogens with zero attached hydrogens (tertiary/aromatic N) is 8. The van der Waals surface area contributed by atoms with Gasteiger partial charge in [-0.3, -0.25) is 4.79 Å². The third kappa shape index (κ3) is 3.86. The summed E-state index contributed by atoms with van der Waals surface area (Å²) in [7, 11) is 3.44. The zero-order valence-corrected chi connectivity index (χ0v) is 19.2. The van der Waals surface area contributed by atoms with Crippen molar-refractivity contribution >= 4 is 34.1 Å². The molecule has 1 fully saturated rings. The first-order chi connectivity index (χ1) is 16.8. The Morgan fingerprint density at radius 3 is 2.63 bits per heavy atom. The van der Waals surface area contributed by atoms with Gasteiger partial charge >= 0.3 is 0 Å². The van der Waals surface area contributed by atoms with E-state index in [0.29, 0.717) is 41.3 Å². The molecule has 0 aliphatic carbocycles. The number of halogens is 3. The SMILES string of the molecule is C[C@@H](Nc1ncnc2c1cc(N1CC(C(=O)N(C)C)C1)c1nnnn12)c1cccc(C(F)F)c1F. The molecule has 0 radical (unpaired) electrons. The van der Waals surface area contributed by atoms with Gasteiger partial charge in [-0.25, -0.2) is 23.1 Å². The smallest absolute Gasteiger partial charge is 0.266 e. The van der Waals surface area contributed by atoms with E-state index >= 15 is 0 Å². The molecule has 0 spiro atoms. The topological polar surface area (TPSA) is 104 Å². The molecule has 182 valence electrons. The molecular formula is C22H22F3N9O. The van der Waals surface area contributed by atoms with E-state index in [1.54, 1.807) is 25.9 Å². The van der Waals surface area contributed by atoms with Crippen LogP contribution in [0.25, 0.3) is 16.7 Å². The van der Waals surface area contributed by atoms with Gasteiger partial charge in [0.1, 0.15) is 18.0 Å². The van der Waals surface area contributed by atoms with Gasteiger partial charge in [-0.15, -0.1) is 5.10 Å². The lowest BCUT2D eigenvalue weighted by molar-refractivity contribution is -0.133. The van der Waals surface area contributed by atoms with E-state index in [9.17, 15) is 18.0 Å². The van der Waals surface area contributed by atoms with E-state index in [2.05, 4.69) is 30.8 Å². The van der Waals surface area contributed by atoms with Gasteiger partial charge in [0.2, 0.25) is 11.6 Å². The maximum atomic E-state index is 14.7. The summed E-state index contributed by atoms with van der Waals surface area (Å²) in [4.78, 5) is 24.4. The van der Waals surface area contributed by atoms with Crippen molar-refractivity contribution in [1.29, 1.82) is 0 Å². The largest absolute Gasteiger partial charge is 0.367 e. The number of aromatic nitrogens is 6. The van der Waals surface area contributed by atoms with Crippen molar-refractivity contribution < 1.29 is 18.0 Å². The fourth-order valence-electron chi connectivity index (χ4n) is 4.28. The molecule has 0 bridgehead atoms. The van der Waals surface area contributed by atoms with E-state index in [4.69, 9.17) is 0 Å². The van der Waals surface area contributed by atoms with E-state index in [1.807, 2.05) is 11.0 Å². The first-order valence-corrected chi connectivity index (χ1v) is 10.9. The van der Waals surface area contributed by atoms with Crippen molar-refractivity contribution in [2.45, 2.75) is 19.4 Å². The number of alkyl halides is 2. The highest BCUT2D eigenvalue weighted by atomic mass is 19.3. The molecule has 1 aliphatic rings. The number of carbonyl (C=O) groups excluding carboxylic acids is 1. The fraction of sp³-hybridized carbons (Fsp3) is 0.364. The molecule has 1 saturated heterocycles. The third-order valence-electron chi connectivity index (χ3n) is 6.17. The van der Waals surface area contributed by atoms with Crippen LogP contribution in [0.5, 0.6) is 0 Å². The van der Waals surface area contributed by atoms with Crippen molar-refractivity contribution in [3.63, 3.8) is 0 Å². The molecular weight excluding hydrogens is 463 g/mol. The molecule has 13 heteroatoms. The number of anilines is 2. The molecule has 4 heterocycles. The number of fused-ring (bicyclic) bond motifs is 3.